The summed E-state index contributed by atoms with van der Waals surface area (Å²) >= 11 is 0. The molecule has 0 spiro atoms. The summed E-state index contributed by atoms with van der Waals surface area (Å²) in [5.41, 5.74) is 0. The molecular formula is C56H108N2O10. The fourth-order valence-electron chi connectivity index (χ4n) is 8.06. The zero-order valence-electron chi connectivity index (χ0n) is 45.5. The van der Waals surface area contributed by atoms with Crippen LogP contribution in [0.2, 0.25) is 0 Å². The minimum absolute atomic E-state index is 0.00786. The van der Waals surface area contributed by atoms with Crippen LogP contribution in [0.25, 0.3) is 0 Å². The Morgan fingerprint density at radius 2 is 0.691 bits per heavy atom. The lowest BCUT2D eigenvalue weighted by atomic mass is 10.0. The maximum Gasteiger partial charge on any atom is 0.407 e. The molecule has 68 heavy (non-hydrogen) atoms. The molecule has 402 valence electrons. The van der Waals surface area contributed by atoms with Gasteiger partial charge in [-0.15, -0.1) is 0 Å². The number of esters is 4. The molecule has 1 amide bonds. The zero-order chi connectivity index (χ0) is 50.7. The van der Waals surface area contributed by atoms with E-state index in [1.54, 1.807) is 0 Å². The summed E-state index contributed by atoms with van der Waals surface area (Å²) in [6.07, 6.45) is 30.7. The molecule has 0 unspecified atom stereocenters. The number of ether oxygens (including phenoxy) is 5. The van der Waals surface area contributed by atoms with E-state index < -0.39 is 24.1 Å². The van der Waals surface area contributed by atoms with E-state index in [9.17, 15) is 24.0 Å². The van der Waals surface area contributed by atoms with Gasteiger partial charge in [0.1, 0.15) is 25.4 Å². The van der Waals surface area contributed by atoms with Crippen LogP contribution >= 0.6 is 0 Å². The van der Waals surface area contributed by atoms with Crippen molar-refractivity contribution in [1.29, 1.82) is 0 Å². The van der Waals surface area contributed by atoms with Crippen molar-refractivity contribution in [2.24, 2.45) is 0 Å². The molecule has 0 rings (SSSR count). The number of hydrogen-bond donors (Lipinski definition) is 1. The van der Waals surface area contributed by atoms with Crippen molar-refractivity contribution >= 4 is 30.0 Å². The van der Waals surface area contributed by atoms with Gasteiger partial charge >= 0.3 is 30.0 Å². The Labute approximate surface area is 418 Å². The molecular weight excluding hydrogens is 861 g/mol. The highest BCUT2D eigenvalue weighted by Gasteiger charge is 2.21. The second kappa shape index (κ2) is 51.9. The molecule has 0 saturated carbocycles. The van der Waals surface area contributed by atoms with Crippen LogP contribution in [-0.4, -0.2) is 92.6 Å². The SMILES string of the molecule is CC.CCCCCCCCC(CCCCCCCC)OC(=O)CCCC(=O)OCC(COC(=O)CCCC(=O)OC(CCCCCCCC)CCCCCCCC)OC(=O)NCCN(CC)CC. The molecule has 0 radical (unpaired) electrons. The van der Waals surface area contributed by atoms with E-state index in [1.165, 1.54) is 103 Å². The second-order valence-corrected chi connectivity index (χ2v) is 18.5. The van der Waals surface area contributed by atoms with Gasteiger partial charge in [-0.05, 0) is 77.3 Å². The van der Waals surface area contributed by atoms with Gasteiger partial charge in [0.05, 0.1) is 0 Å². The first-order valence-electron chi connectivity index (χ1n) is 28.5. The van der Waals surface area contributed by atoms with Gasteiger partial charge in [0.15, 0.2) is 6.10 Å². The van der Waals surface area contributed by atoms with Crippen LogP contribution in [0.15, 0.2) is 0 Å². The maximum absolute atomic E-state index is 12.9. The predicted octanol–water partition coefficient (Wildman–Crippen LogP) is 14.7. The van der Waals surface area contributed by atoms with Crippen molar-refractivity contribution in [2.45, 2.75) is 292 Å². The number of rotatable bonds is 48. The molecule has 0 aliphatic rings. The molecule has 0 aromatic heterocycles. The van der Waals surface area contributed by atoms with Gasteiger partial charge in [-0.3, -0.25) is 19.2 Å². The summed E-state index contributed by atoms with van der Waals surface area (Å²) < 4.78 is 28.3. The lowest BCUT2D eigenvalue weighted by Crippen LogP contribution is -2.39. The smallest absolute Gasteiger partial charge is 0.407 e. The largest absolute Gasteiger partial charge is 0.462 e. The molecule has 0 fully saturated rings. The van der Waals surface area contributed by atoms with E-state index in [4.69, 9.17) is 23.7 Å². The average molecular weight is 969 g/mol. The fraction of sp³-hybridized carbons (Fsp3) is 0.911. The Morgan fingerprint density at radius 3 is 1.01 bits per heavy atom. The summed E-state index contributed by atoms with van der Waals surface area (Å²) in [5, 5.41) is 2.72. The van der Waals surface area contributed by atoms with Crippen LogP contribution < -0.4 is 5.32 Å². The number of nitrogens with zero attached hydrogens (tertiary/aromatic N) is 1. The number of carbonyl (C=O) groups is 5. The summed E-state index contributed by atoms with van der Waals surface area (Å²) in [6.45, 7) is 19.0. The number of unbranched alkanes of at least 4 members (excludes halogenated alkanes) is 20. The van der Waals surface area contributed by atoms with Gasteiger partial charge in [-0.2, -0.15) is 0 Å². The molecule has 1 N–H and O–H groups in total. The molecule has 0 aliphatic carbocycles. The molecule has 12 nitrogen and oxygen atoms in total. The van der Waals surface area contributed by atoms with Crippen molar-refractivity contribution in [1.82, 2.24) is 10.2 Å². The summed E-state index contributed by atoms with van der Waals surface area (Å²) in [4.78, 5) is 66.3. The van der Waals surface area contributed by atoms with Crippen molar-refractivity contribution in [3.8, 4) is 0 Å². The predicted molar refractivity (Wildman–Crippen MR) is 279 cm³/mol. The van der Waals surface area contributed by atoms with Crippen LogP contribution in [0.5, 0.6) is 0 Å². The Morgan fingerprint density at radius 1 is 0.382 bits per heavy atom. The van der Waals surface area contributed by atoms with Gasteiger partial charge in [-0.25, -0.2) is 4.79 Å². The van der Waals surface area contributed by atoms with E-state index >= 15 is 0 Å². The summed E-state index contributed by atoms with van der Waals surface area (Å²) in [7, 11) is 0. The second-order valence-electron chi connectivity index (χ2n) is 18.5. The number of carbonyl (C=O) groups excluding carboxylic acids is 5. The van der Waals surface area contributed by atoms with E-state index in [0.717, 1.165) is 90.1 Å². The lowest BCUT2D eigenvalue weighted by Gasteiger charge is -2.20. The third-order valence-corrected chi connectivity index (χ3v) is 12.4. The first kappa shape index (κ1) is 67.2. The van der Waals surface area contributed by atoms with Crippen LogP contribution in [0.3, 0.4) is 0 Å². The summed E-state index contributed by atoms with van der Waals surface area (Å²) in [6, 6.07) is 0. The molecule has 0 heterocycles. The first-order chi connectivity index (χ1) is 33.1. The standard InChI is InChI=1S/C54H102N2O10.C2H6/c1-7-13-17-21-25-29-35-47(36-30-26-22-18-14-8-2)64-52(59)41-33-39-50(57)62-45-49(66-54(61)55-43-44-56(11-5)12-6)46-63-51(58)40-34-42-53(60)65-48(37-31-27-23-19-15-9-3)38-32-28-24-20-16-10-4;1-2/h47-49H,7-46H2,1-6H3,(H,55,61);1-2H3. The fourth-order valence-corrected chi connectivity index (χ4v) is 8.06. The highest BCUT2D eigenvalue weighted by atomic mass is 16.6. The van der Waals surface area contributed by atoms with E-state index in [1.807, 2.05) is 27.7 Å². The lowest BCUT2D eigenvalue weighted by molar-refractivity contribution is -0.152. The van der Waals surface area contributed by atoms with Crippen molar-refractivity contribution in [3.63, 3.8) is 0 Å². The molecule has 12 heteroatoms. The van der Waals surface area contributed by atoms with Crippen molar-refractivity contribution in [3.05, 3.63) is 0 Å². The van der Waals surface area contributed by atoms with Crippen molar-refractivity contribution in [2.75, 3.05) is 39.4 Å². The number of alkyl carbamates (subject to hydrolysis) is 1. The number of likely N-dealkylation sites (N-methyl/N-ethyl adjacent to an activating group) is 1. The molecule has 0 bridgehead atoms. The average Bonchev–Trinajstić information content (AvgIpc) is 3.33. The minimum Gasteiger partial charge on any atom is -0.462 e. The Bertz CT molecular complexity index is 1060. The Kier molecular flexibility index (Phi) is 51.3. The molecule has 0 aromatic rings. The van der Waals surface area contributed by atoms with Gasteiger partial charge in [0.2, 0.25) is 0 Å². The van der Waals surface area contributed by atoms with Gasteiger partial charge in [0, 0.05) is 38.8 Å². The number of amides is 1. The normalized spacial score (nSPS) is 11.2. The highest BCUT2D eigenvalue weighted by molar-refractivity contribution is 5.73. The number of hydrogen-bond acceptors (Lipinski definition) is 11. The van der Waals surface area contributed by atoms with Crippen LogP contribution in [0.4, 0.5) is 4.79 Å². The maximum atomic E-state index is 12.9. The first-order valence-corrected chi connectivity index (χ1v) is 28.5. The molecule has 0 aromatic carbocycles. The monoisotopic (exact) mass is 969 g/mol. The Hall–Kier alpha value is -2.89. The molecule has 0 aliphatic heterocycles. The minimum atomic E-state index is -1.05. The van der Waals surface area contributed by atoms with E-state index in [2.05, 4.69) is 37.9 Å². The van der Waals surface area contributed by atoms with Gasteiger partial charge < -0.3 is 33.9 Å². The van der Waals surface area contributed by atoms with E-state index in [0.29, 0.717) is 13.1 Å². The Balaban J connectivity index is 0. The van der Waals surface area contributed by atoms with Crippen molar-refractivity contribution < 1.29 is 47.7 Å². The van der Waals surface area contributed by atoms with Gasteiger partial charge in [-0.1, -0.05) is 184 Å². The molecule has 0 atom stereocenters. The van der Waals surface area contributed by atoms with Crippen LogP contribution in [0, 0.1) is 0 Å². The van der Waals surface area contributed by atoms with Crippen LogP contribution in [-0.2, 0) is 42.9 Å². The third-order valence-electron chi connectivity index (χ3n) is 12.4. The zero-order valence-corrected chi connectivity index (χ0v) is 45.5. The highest BCUT2D eigenvalue weighted by Crippen LogP contribution is 2.20. The van der Waals surface area contributed by atoms with Gasteiger partial charge in [0.25, 0.3) is 0 Å². The number of nitrogens with one attached hydrogen (secondary N) is 1. The van der Waals surface area contributed by atoms with E-state index in [-0.39, 0.29) is 75.9 Å². The molecule has 0 saturated heterocycles. The quantitative estimate of drug-likeness (QED) is 0.0353. The third kappa shape index (κ3) is 45.5. The van der Waals surface area contributed by atoms with Crippen LogP contribution in [0.1, 0.15) is 274 Å². The topological polar surface area (TPSA) is 147 Å². The summed E-state index contributed by atoms with van der Waals surface area (Å²) in [5.74, 6) is -1.70.